The van der Waals surface area contributed by atoms with E-state index in [-0.39, 0.29) is 28.9 Å². The van der Waals surface area contributed by atoms with Crippen molar-refractivity contribution >= 4 is 30.7 Å². The van der Waals surface area contributed by atoms with E-state index in [4.69, 9.17) is 0 Å². The van der Waals surface area contributed by atoms with Crippen LogP contribution in [0.1, 0.15) is 41.0 Å². The number of benzene rings is 1. The molecule has 2 unspecified atom stereocenters. The van der Waals surface area contributed by atoms with Crippen molar-refractivity contribution in [1.29, 1.82) is 0 Å². The summed E-state index contributed by atoms with van der Waals surface area (Å²) in [5.74, 6) is 0.235. The van der Waals surface area contributed by atoms with Gasteiger partial charge in [0.05, 0.1) is 0 Å². The molecule has 0 saturated carbocycles. The lowest BCUT2D eigenvalue weighted by Crippen LogP contribution is -2.43. The summed E-state index contributed by atoms with van der Waals surface area (Å²) in [4.78, 5) is 42.0. The number of likely N-dealkylation sites (tertiary alicyclic amines) is 1. The largest absolute Gasteiger partial charge is 0.489 e. The fourth-order valence-corrected chi connectivity index (χ4v) is 4.40. The van der Waals surface area contributed by atoms with E-state index in [2.05, 4.69) is 11.8 Å². The van der Waals surface area contributed by atoms with E-state index in [0.717, 1.165) is 26.1 Å². The number of hydrogen-bond donors (Lipinski definition) is 2. The van der Waals surface area contributed by atoms with Crippen LogP contribution in [0.5, 0.6) is 0 Å². The smallest absolute Gasteiger partial charge is 0.423 e. The van der Waals surface area contributed by atoms with Crippen LogP contribution in [0.15, 0.2) is 18.2 Å². The molecule has 0 aromatic heterocycles. The Kier molecular flexibility index (Phi) is 6.72. The van der Waals surface area contributed by atoms with Gasteiger partial charge < -0.3 is 19.8 Å². The van der Waals surface area contributed by atoms with Crippen molar-refractivity contribution in [3.8, 4) is 0 Å². The molecule has 0 radical (unpaired) electrons. The standard InChI is InChI=1S/C20H28BN3O5/c1-14-11-24(12-19(14)23-7-3-6-22(8-9-23)15(2)26)20(27)16-4-5-18(21(28)29)17(10-16)13-25/h4-5,10,13-14,19,28-29H,3,6-9,11-12H2,1-2H3. The van der Waals surface area contributed by atoms with Gasteiger partial charge in [0.15, 0.2) is 0 Å². The highest BCUT2D eigenvalue weighted by molar-refractivity contribution is 6.60. The minimum Gasteiger partial charge on any atom is -0.423 e. The summed E-state index contributed by atoms with van der Waals surface area (Å²) in [6.45, 7) is 8.13. The Morgan fingerprint density at radius 2 is 1.86 bits per heavy atom. The molecule has 3 rings (SSSR count). The van der Waals surface area contributed by atoms with Crippen LogP contribution < -0.4 is 5.46 Å². The van der Waals surface area contributed by atoms with Crippen molar-refractivity contribution in [3.63, 3.8) is 0 Å². The average Bonchev–Trinajstić information content (AvgIpc) is 2.92. The van der Waals surface area contributed by atoms with Gasteiger partial charge in [0, 0.05) is 63.4 Å². The molecule has 2 aliphatic rings. The number of nitrogens with zero attached hydrogens (tertiary/aromatic N) is 3. The topological polar surface area (TPSA) is 101 Å². The number of carbonyl (C=O) groups excluding carboxylic acids is 3. The van der Waals surface area contributed by atoms with Crippen LogP contribution in [0, 0.1) is 5.92 Å². The fourth-order valence-electron chi connectivity index (χ4n) is 4.40. The lowest BCUT2D eigenvalue weighted by molar-refractivity contribution is -0.128. The molecule has 9 heteroatoms. The highest BCUT2D eigenvalue weighted by Crippen LogP contribution is 2.24. The molecule has 2 amide bonds. The average molecular weight is 401 g/mol. The molecule has 8 nitrogen and oxygen atoms in total. The molecule has 0 spiro atoms. The van der Waals surface area contributed by atoms with Crippen LogP contribution in [-0.2, 0) is 4.79 Å². The number of amides is 2. The Morgan fingerprint density at radius 3 is 2.52 bits per heavy atom. The third-order valence-corrected chi connectivity index (χ3v) is 6.04. The molecule has 2 aliphatic heterocycles. The Morgan fingerprint density at radius 1 is 1.10 bits per heavy atom. The molecule has 0 aliphatic carbocycles. The summed E-state index contributed by atoms with van der Waals surface area (Å²) in [6.07, 6.45) is 1.45. The molecular weight excluding hydrogens is 373 g/mol. The van der Waals surface area contributed by atoms with Gasteiger partial charge in [-0.1, -0.05) is 13.0 Å². The summed E-state index contributed by atoms with van der Waals surface area (Å²) >= 11 is 0. The van der Waals surface area contributed by atoms with Gasteiger partial charge in [-0.3, -0.25) is 19.3 Å². The third-order valence-electron chi connectivity index (χ3n) is 6.04. The lowest BCUT2D eigenvalue weighted by atomic mass is 9.77. The van der Waals surface area contributed by atoms with Crippen molar-refractivity contribution in [2.75, 3.05) is 39.3 Å². The van der Waals surface area contributed by atoms with E-state index in [1.54, 1.807) is 11.8 Å². The summed E-state index contributed by atoms with van der Waals surface area (Å²) in [5.41, 5.74) is 0.554. The Balaban J connectivity index is 1.70. The van der Waals surface area contributed by atoms with E-state index >= 15 is 0 Å². The first-order valence-electron chi connectivity index (χ1n) is 10.1. The summed E-state index contributed by atoms with van der Waals surface area (Å²) in [6, 6.07) is 4.58. The minimum atomic E-state index is -1.76. The second-order valence-corrected chi connectivity index (χ2v) is 7.99. The molecule has 2 saturated heterocycles. The maximum atomic E-state index is 13.0. The highest BCUT2D eigenvalue weighted by atomic mass is 16.4. The highest BCUT2D eigenvalue weighted by Gasteiger charge is 2.37. The van der Waals surface area contributed by atoms with Crippen molar-refractivity contribution in [2.45, 2.75) is 26.3 Å². The first-order chi connectivity index (χ1) is 13.8. The maximum absolute atomic E-state index is 13.0. The van der Waals surface area contributed by atoms with E-state index < -0.39 is 7.12 Å². The summed E-state index contributed by atoms with van der Waals surface area (Å²) in [5, 5.41) is 18.7. The third kappa shape index (κ3) is 4.68. The molecule has 2 fully saturated rings. The van der Waals surface area contributed by atoms with Crippen LogP contribution >= 0.6 is 0 Å². The normalized spacial score (nSPS) is 23.0. The fraction of sp³-hybridized carbons (Fsp3) is 0.550. The van der Waals surface area contributed by atoms with E-state index in [1.807, 2.05) is 4.90 Å². The predicted octanol–water partition coefficient (Wildman–Crippen LogP) is -0.806. The van der Waals surface area contributed by atoms with Gasteiger partial charge in [-0.15, -0.1) is 0 Å². The number of hydrogen-bond acceptors (Lipinski definition) is 6. The number of carbonyl (C=O) groups is 3. The van der Waals surface area contributed by atoms with Crippen LogP contribution in [0.25, 0.3) is 0 Å². The molecule has 156 valence electrons. The molecule has 29 heavy (non-hydrogen) atoms. The molecule has 0 bridgehead atoms. The van der Waals surface area contributed by atoms with Gasteiger partial charge >= 0.3 is 7.12 Å². The number of rotatable bonds is 4. The first kappa shape index (κ1) is 21.5. The van der Waals surface area contributed by atoms with Crippen molar-refractivity contribution < 1.29 is 24.4 Å². The van der Waals surface area contributed by atoms with Gasteiger partial charge in [-0.05, 0) is 29.9 Å². The maximum Gasteiger partial charge on any atom is 0.489 e. The summed E-state index contributed by atoms with van der Waals surface area (Å²) in [7, 11) is -1.76. The zero-order valence-corrected chi connectivity index (χ0v) is 17.0. The molecule has 2 N–H and O–H groups in total. The Labute approximate surface area is 171 Å². The van der Waals surface area contributed by atoms with Gasteiger partial charge in [-0.25, -0.2) is 0 Å². The number of aldehydes is 1. The van der Waals surface area contributed by atoms with Crippen LogP contribution in [-0.4, -0.2) is 95.3 Å². The Hall–Kier alpha value is -2.23. The molecule has 2 atom stereocenters. The van der Waals surface area contributed by atoms with E-state index in [1.165, 1.54) is 18.2 Å². The van der Waals surface area contributed by atoms with Gasteiger partial charge in [-0.2, -0.15) is 0 Å². The van der Waals surface area contributed by atoms with Crippen molar-refractivity contribution in [2.24, 2.45) is 5.92 Å². The predicted molar refractivity (Wildman–Crippen MR) is 109 cm³/mol. The second-order valence-electron chi connectivity index (χ2n) is 7.99. The van der Waals surface area contributed by atoms with E-state index in [9.17, 15) is 24.4 Å². The SMILES string of the molecule is CC(=O)N1CCCN(C2CN(C(=O)c3ccc(B(O)O)c(C=O)c3)CC2C)CC1. The lowest BCUT2D eigenvalue weighted by Gasteiger charge is -2.30. The van der Waals surface area contributed by atoms with Gasteiger partial charge in [0.1, 0.15) is 6.29 Å². The second kappa shape index (κ2) is 9.07. The zero-order valence-electron chi connectivity index (χ0n) is 17.0. The minimum absolute atomic E-state index is 0.0869. The first-order valence-corrected chi connectivity index (χ1v) is 10.1. The van der Waals surface area contributed by atoms with Gasteiger partial charge in [0.25, 0.3) is 5.91 Å². The molecule has 1 aromatic rings. The molecule has 2 heterocycles. The van der Waals surface area contributed by atoms with Crippen LogP contribution in [0.3, 0.4) is 0 Å². The van der Waals surface area contributed by atoms with Crippen LogP contribution in [0.4, 0.5) is 0 Å². The van der Waals surface area contributed by atoms with E-state index in [0.29, 0.717) is 37.4 Å². The zero-order chi connectivity index (χ0) is 21.1. The van der Waals surface area contributed by atoms with Gasteiger partial charge in [0.2, 0.25) is 5.91 Å². The monoisotopic (exact) mass is 401 g/mol. The van der Waals surface area contributed by atoms with Crippen molar-refractivity contribution in [3.05, 3.63) is 29.3 Å². The van der Waals surface area contributed by atoms with Crippen molar-refractivity contribution in [1.82, 2.24) is 14.7 Å². The van der Waals surface area contributed by atoms with Crippen LogP contribution in [0.2, 0.25) is 0 Å². The molecule has 1 aromatic carbocycles. The summed E-state index contributed by atoms with van der Waals surface area (Å²) < 4.78 is 0. The Bertz CT molecular complexity index is 787. The molecular formula is C20H28BN3O5. The quantitative estimate of drug-likeness (QED) is 0.506.